The topological polar surface area (TPSA) is 62.5 Å². The van der Waals surface area contributed by atoms with Gasteiger partial charge in [-0.2, -0.15) is 5.26 Å². The molecule has 0 radical (unpaired) electrons. The molecule has 0 aliphatic heterocycles. The largest absolute Gasteiger partial charge is 0.208 e. The van der Waals surface area contributed by atoms with E-state index in [0.717, 1.165) is 34.6 Å². The molecule has 54 heavy (non-hydrogen) atoms. The monoisotopic (exact) mass is 698 g/mol. The van der Waals surface area contributed by atoms with Crippen molar-refractivity contribution in [1.29, 1.82) is 5.26 Å². The zero-order valence-electron chi connectivity index (χ0n) is 30.6. The molecule has 2 aliphatic rings. The van der Waals surface area contributed by atoms with Crippen molar-refractivity contribution in [3.8, 4) is 62.5 Å². The van der Waals surface area contributed by atoms with Crippen LogP contribution in [0.3, 0.4) is 0 Å². The fourth-order valence-electron chi connectivity index (χ4n) is 9.46. The summed E-state index contributed by atoms with van der Waals surface area (Å²) >= 11 is 0. The quantitative estimate of drug-likeness (QED) is 0.166. The van der Waals surface area contributed by atoms with E-state index in [1.165, 1.54) is 59.9 Å². The van der Waals surface area contributed by atoms with Gasteiger partial charge >= 0.3 is 0 Å². The minimum Gasteiger partial charge on any atom is -0.208 e. The minimum absolute atomic E-state index is 0.108. The van der Waals surface area contributed by atoms with E-state index in [4.69, 9.17) is 15.0 Å². The number of aromatic nitrogens is 3. The van der Waals surface area contributed by atoms with Crippen molar-refractivity contribution in [3.05, 3.63) is 174 Å². The normalized spacial score (nSPS) is 20.6. The smallest absolute Gasteiger partial charge is 0.164 e. The highest BCUT2D eigenvalue weighted by Crippen LogP contribution is 2.57. The van der Waals surface area contributed by atoms with Crippen LogP contribution in [0.15, 0.2) is 158 Å². The average molecular weight is 699 g/mol. The van der Waals surface area contributed by atoms with Crippen LogP contribution in [-0.2, 0) is 10.8 Å². The van der Waals surface area contributed by atoms with Crippen molar-refractivity contribution < 1.29 is 0 Å². The standard InChI is InChI=1S/C50H42N4/c1-49(31-36-11-9-29-50(32-36,34-49)45-27-23-39(24-28-45)43-16-8-10-35(30-43)33-51)44-25-21-38(22-26-44)37-17-19-42(20-18-37)48-53-46(40-12-4-2-5-13-40)52-47(54-48)41-14-6-3-7-15-41/h2-8,10,12-28,30,36H,9,11,29,31-32,34H2,1H3. The summed E-state index contributed by atoms with van der Waals surface area (Å²) in [4.78, 5) is 14.7. The van der Waals surface area contributed by atoms with Crippen LogP contribution < -0.4 is 0 Å². The summed E-state index contributed by atoms with van der Waals surface area (Å²) in [5.41, 5.74) is 11.5. The van der Waals surface area contributed by atoms with Gasteiger partial charge in [-0.3, -0.25) is 0 Å². The summed E-state index contributed by atoms with van der Waals surface area (Å²) in [7, 11) is 0. The first-order valence-corrected chi connectivity index (χ1v) is 19.2. The van der Waals surface area contributed by atoms with Crippen molar-refractivity contribution in [2.45, 2.75) is 56.3 Å². The van der Waals surface area contributed by atoms with E-state index >= 15 is 0 Å². The molecule has 2 bridgehead atoms. The van der Waals surface area contributed by atoms with Gasteiger partial charge < -0.3 is 0 Å². The van der Waals surface area contributed by atoms with Crippen LogP contribution in [0.25, 0.3) is 56.4 Å². The number of hydrogen-bond acceptors (Lipinski definition) is 4. The molecule has 3 unspecified atom stereocenters. The summed E-state index contributed by atoms with van der Waals surface area (Å²) in [5.74, 6) is 2.73. The Morgan fingerprint density at radius 3 is 1.57 bits per heavy atom. The van der Waals surface area contributed by atoms with Gasteiger partial charge in [0.25, 0.3) is 0 Å². The molecule has 1 heterocycles. The van der Waals surface area contributed by atoms with Crippen molar-refractivity contribution in [3.63, 3.8) is 0 Å². The average Bonchev–Trinajstić information content (AvgIpc) is 3.24. The summed E-state index contributed by atoms with van der Waals surface area (Å²) in [6, 6.07) is 57.7. The molecule has 2 saturated carbocycles. The van der Waals surface area contributed by atoms with E-state index in [9.17, 15) is 5.26 Å². The van der Waals surface area contributed by atoms with Crippen LogP contribution in [0.5, 0.6) is 0 Å². The third kappa shape index (κ3) is 6.52. The van der Waals surface area contributed by atoms with Crippen LogP contribution in [-0.4, -0.2) is 15.0 Å². The maximum atomic E-state index is 9.41. The van der Waals surface area contributed by atoms with E-state index in [-0.39, 0.29) is 10.8 Å². The van der Waals surface area contributed by atoms with Crippen LogP contribution in [0.1, 0.15) is 62.1 Å². The maximum Gasteiger partial charge on any atom is 0.164 e. The Morgan fingerprint density at radius 1 is 0.519 bits per heavy atom. The van der Waals surface area contributed by atoms with Gasteiger partial charge in [-0.25, -0.2) is 15.0 Å². The van der Waals surface area contributed by atoms with E-state index in [0.29, 0.717) is 23.0 Å². The Bertz CT molecular complexity index is 2390. The first-order chi connectivity index (χ1) is 26.5. The van der Waals surface area contributed by atoms with Gasteiger partial charge in [-0.1, -0.05) is 165 Å². The van der Waals surface area contributed by atoms with E-state index in [1.54, 1.807) is 0 Å². The predicted molar refractivity (Wildman–Crippen MR) is 218 cm³/mol. The van der Waals surface area contributed by atoms with Gasteiger partial charge in [0.15, 0.2) is 17.5 Å². The molecule has 4 nitrogen and oxygen atoms in total. The molecular weight excluding hydrogens is 657 g/mol. The number of benzene rings is 6. The third-order valence-corrected chi connectivity index (χ3v) is 12.0. The summed E-state index contributed by atoms with van der Waals surface area (Å²) in [6.07, 6.45) is 7.54. The Balaban J connectivity index is 0.969. The molecule has 9 rings (SSSR count). The maximum absolute atomic E-state index is 9.41. The summed E-state index contributed by atoms with van der Waals surface area (Å²) < 4.78 is 0. The van der Waals surface area contributed by atoms with Gasteiger partial charge in [0.1, 0.15) is 0 Å². The lowest BCUT2D eigenvalue weighted by molar-refractivity contribution is 0.0874. The van der Waals surface area contributed by atoms with Crippen molar-refractivity contribution >= 4 is 0 Å². The van der Waals surface area contributed by atoms with E-state index < -0.39 is 0 Å². The zero-order valence-corrected chi connectivity index (χ0v) is 30.6. The van der Waals surface area contributed by atoms with E-state index in [1.807, 2.05) is 78.9 Å². The van der Waals surface area contributed by atoms with Crippen molar-refractivity contribution in [1.82, 2.24) is 15.0 Å². The molecule has 0 saturated heterocycles. The lowest BCUT2D eigenvalue weighted by Crippen LogP contribution is -2.46. The molecule has 262 valence electrons. The molecule has 7 aromatic rings. The van der Waals surface area contributed by atoms with Gasteiger partial charge in [0, 0.05) is 16.7 Å². The number of rotatable bonds is 7. The Kier molecular flexibility index (Phi) is 8.72. The number of nitriles is 1. The second-order valence-electron chi connectivity index (χ2n) is 15.6. The highest BCUT2D eigenvalue weighted by Gasteiger charge is 2.49. The first-order valence-electron chi connectivity index (χ1n) is 19.2. The molecule has 0 amide bonds. The summed E-state index contributed by atoms with van der Waals surface area (Å²) in [6.45, 7) is 2.51. The van der Waals surface area contributed by atoms with Crippen molar-refractivity contribution in [2.75, 3.05) is 0 Å². The lowest BCUT2D eigenvalue weighted by atomic mass is 9.51. The van der Waals surface area contributed by atoms with Gasteiger partial charge in [0.2, 0.25) is 0 Å². The fourth-order valence-corrected chi connectivity index (χ4v) is 9.46. The minimum atomic E-state index is 0.108. The lowest BCUT2D eigenvalue weighted by Gasteiger charge is -2.53. The van der Waals surface area contributed by atoms with Crippen molar-refractivity contribution in [2.24, 2.45) is 5.92 Å². The molecule has 6 aromatic carbocycles. The first kappa shape index (κ1) is 33.6. The molecule has 4 heteroatoms. The molecule has 2 fully saturated rings. The van der Waals surface area contributed by atoms with Crippen LogP contribution in [0.4, 0.5) is 0 Å². The highest BCUT2D eigenvalue weighted by atomic mass is 15.0. The SMILES string of the molecule is CC1(c2ccc(-c3ccc(-c4nc(-c5ccccc5)nc(-c5ccccc5)n4)cc3)cc2)CC2CCCC(c3ccc(-c4cccc(C#N)c4)cc3)(C2)C1. The second kappa shape index (κ2) is 14.0. The predicted octanol–water partition coefficient (Wildman–Crippen LogP) is 12.3. The van der Waals surface area contributed by atoms with Crippen LogP contribution >= 0.6 is 0 Å². The molecule has 3 atom stereocenters. The Labute approximate surface area is 318 Å². The van der Waals surface area contributed by atoms with Crippen LogP contribution in [0, 0.1) is 17.2 Å². The fraction of sp³-hybridized carbons (Fsp3) is 0.200. The highest BCUT2D eigenvalue weighted by molar-refractivity contribution is 5.71. The number of fused-ring (bicyclic) bond motifs is 2. The third-order valence-electron chi connectivity index (χ3n) is 12.0. The van der Waals surface area contributed by atoms with Gasteiger partial charge in [0.05, 0.1) is 11.6 Å². The summed E-state index contributed by atoms with van der Waals surface area (Å²) in [5, 5.41) is 9.41. The van der Waals surface area contributed by atoms with Gasteiger partial charge in [-0.05, 0) is 87.9 Å². The zero-order chi connectivity index (χ0) is 36.5. The van der Waals surface area contributed by atoms with E-state index in [2.05, 4.69) is 91.9 Å². The van der Waals surface area contributed by atoms with Crippen LogP contribution in [0.2, 0.25) is 0 Å². The molecule has 0 N–H and O–H groups in total. The second-order valence-corrected chi connectivity index (χ2v) is 15.6. The Morgan fingerprint density at radius 2 is 1.00 bits per heavy atom. The number of nitrogens with zero attached hydrogens (tertiary/aromatic N) is 4. The Hall–Kier alpha value is -6.18. The van der Waals surface area contributed by atoms with Gasteiger partial charge in [-0.15, -0.1) is 0 Å². The number of hydrogen-bond donors (Lipinski definition) is 0. The molecule has 2 aliphatic carbocycles. The molecular formula is C50H42N4. The molecule has 1 aromatic heterocycles. The molecule has 0 spiro atoms.